The Morgan fingerprint density at radius 3 is 2.42 bits per heavy atom. The summed E-state index contributed by atoms with van der Waals surface area (Å²) < 4.78 is 34.7. The second kappa shape index (κ2) is 4.97. The van der Waals surface area contributed by atoms with Crippen LogP contribution in [0.4, 0.5) is 13.2 Å². The summed E-state index contributed by atoms with van der Waals surface area (Å²) in [5.41, 5.74) is 0. The van der Waals surface area contributed by atoms with Crippen LogP contribution in [-0.4, -0.2) is 22.4 Å². The van der Waals surface area contributed by atoms with E-state index in [4.69, 9.17) is 11.6 Å². The van der Waals surface area contributed by atoms with E-state index in [1.54, 1.807) is 0 Å². The molecule has 0 aliphatic carbocycles. The van der Waals surface area contributed by atoms with E-state index in [9.17, 15) is 18.0 Å². The van der Waals surface area contributed by atoms with Gasteiger partial charge in [-0.1, -0.05) is 0 Å². The van der Waals surface area contributed by atoms with Gasteiger partial charge in [0.05, 0.1) is 11.7 Å². The predicted octanol–water partition coefficient (Wildman–Crippen LogP) is 2.83. The van der Waals surface area contributed by atoms with Gasteiger partial charge in [-0.15, -0.1) is 11.8 Å². The fraction of sp³-hybridized carbons (Fsp3) is 0.833. The molecule has 0 aromatic rings. The number of halogens is 4. The van der Waals surface area contributed by atoms with Crippen LogP contribution in [0.25, 0.3) is 0 Å². The van der Waals surface area contributed by atoms with Gasteiger partial charge in [-0.2, -0.15) is 13.2 Å². The first-order chi connectivity index (χ1) is 5.33. The van der Waals surface area contributed by atoms with Crippen molar-refractivity contribution in [3.05, 3.63) is 0 Å². The van der Waals surface area contributed by atoms with Gasteiger partial charge in [-0.25, -0.2) is 0 Å². The van der Waals surface area contributed by atoms with Gasteiger partial charge in [0.25, 0.3) is 0 Å². The average Bonchev–Trinajstić information content (AvgIpc) is 1.84. The molecule has 0 fully saturated rings. The molecular weight excluding hydrogens is 213 g/mol. The van der Waals surface area contributed by atoms with Crippen LogP contribution in [0.1, 0.15) is 13.3 Å². The zero-order valence-corrected chi connectivity index (χ0v) is 7.89. The van der Waals surface area contributed by atoms with E-state index in [1.807, 2.05) is 0 Å². The fourth-order valence-electron chi connectivity index (χ4n) is 0.417. The Balaban J connectivity index is 3.51. The van der Waals surface area contributed by atoms with Gasteiger partial charge in [0.15, 0.2) is 0 Å². The molecule has 1 unspecified atom stereocenters. The third-order valence-corrected chi connectivity index (χ3v) is 2.68. The molecule has 0 saturated heterocycles. The maximum Gasteiger partial charge on any atom is 0.389 e. The maximum atomic E-state index is 11.6. The van der Waals surface area contributed by atoms with Gasteiger partial charge < -0.3 is 0 Å². The molecule has 0 N–H and O–H groups in total. The number of alkyl halides is 3. The molecule has 0 aliphatic heterocycles. The zero-order valence-electron chi connectivity index (χ0n) is 6.32. The Labute approximate surface area is 77.6 Å². The molecule has 0 amide bonds. The fourth-order valence-corrected chi connectivity index (χ4v) is 1.44. The molecule has 0 heterocycles. The first kappa shape index (κ1) is 12.1. The van der Waals surface area contributed by atoms with Crippen LogP contribution in [-0.2, 0) is 4.79 Å². The van der Waals surface area contributed by atoms with E-state index in [0.717, 1.165) is 11.8 Å². The molecule has 0 aromatic carbocycles. The molecule has 1 nitrogen and oxygen atoms in total. The summed E-state index contributed by atoms with van der Waals surface area (Å²) in [6.07, 6.45) is -5.03. The normalized spacial score (nSPS) is 14.4. The molecule has 0 spiro atoms. The summed E-state index contributed by atoms with van der Waals surface area (Å²) in [5.74, 6) is -0.122. The van der Waals surface area contributed by atoms with Crippen molar-refractivity contribution in [2.24, 2.45) is 0 Å². The van der Waals surface area contributed by atoms with Crippen LogP contribution in [0, 0.1) is 0 Å². The Kier molecular flexibility index (Phi) is 5.01. The van der Waals surface area contributed by atoms with Crippen molar-refractivity contribution >= 4 is 28.6 Å². The smallest absolute Gasteiger partial charge is 0.280 e. The van der Waals surface area contributed by atoms with Crippen molar-refractivity contribution in [3.63, 3.8) is 0 Å². The van der Waals surface area contributed by atoms with Crippen molar-refractivity contribution in [2.45, 2.75) is 24.8 Å². The second-order valence-electron chi connectivity index (χ2n) is 2.18. The molecule has 0 bridgehead atoms. The summed E-state index contributed by atoms with van der Waals surface area (Å²) in [4.78, 5) is 10.4. The third-order valence-electron chi connectivity index (χ3n) is 1.07. The quantitative estimate of drug-likeness (QED) is 0.678. The van der Waals surface area contributed by atoms with Gasteiger partial charge in [0, 0.05) is 5.75 Å². The van der Waals surface area contributed by atoms with Gasteiger partial charge >= 0.3 is 6.18 Å². The molecule has 12 heavy (non-hydrogen) atoms. The first-order valence-corrected chi connectivity index (χ1v) is 4.63. The van der Waals surface area contributed by atoms with Crippen LogP contribution >= 0.6 is 23.4 Å². The predicted molar refractivity (Wildman–Crippen MR) is 43.5 cm³/mol. The number of rotatable bonds is 4. The number of hydrogen-bond acceptors (Lipinski definition) is 2. The largest absolute Gasteiger partial charge is 0.389 e. The number of carbonyl (C=O) groups excluding carboxylic acids is 1. The summed E-state index contributed by atoms with van der Waals surface area (Å²) >= 11 is 5.95. The molecular formula is C6H8ClF3OS. The van der Waals surface area contributed by atoms with Crippen molar-refractivity contribution in [1.82, 2.24) is 0 Å². The van der Waals surface area contributed by atoms with E-state index in [-0.39, 0.29) is 5.75 Å². The third kappa shape index (κ3) is 6.79. The zero-order chi connectivity index (χ0) is 9.78. The second-order valence-corrected chi connectivity index (χ2v) is 4.00. The lowest BCUT2D eigenvalue weighted by Gasteiger charge is -2.07. The van der Waals surface area contributed by atoms with Gasteiger partial charge in [-0.3, -0.25) is 4.79 Å². The Hall–Kier alpha value is 0.1000. The van der Waals surface area contributed by atoms with Crippen molar-refractivity contribution < 1.29 is 18.0 Å². The molecule has 0 saturated carbocycles. The number of carbonyl (C=O) groups is 1. The van der Waals surface area contributed by atoms with Gasteiger partial charge in [-0.05, 0) is 18.5 Å². The standard InChI is InChI=1S/C6H8ClF3OS/c1-4(5(7)11)12-3-2-6(8,9)10/h4H,2-3H2,1H3. The Morgan fingerprint density at radius 2 is 2.08 bits per heavy atom. The Morgan fingerprint density at radius 1 is 1.58 bits per heavy atom. The monoisotopic (exact) mass is 220 g/mol. The minimum atomic E-state index is -4.15. The molecule has 0 aliphatic rings. The highest BCUT2D eigenvalue weighted by Gasteiger charge is 2.27. The van der Waals surface area contributed by atoms with E-state index in [2.05, 4.69) is 0 Å². The van der Waals surface area contributed by atoms with Gasteiger partial charge in [0.2, 0.25) is 5.24 Å². The highest BCUT2D eigenvalue weighted by atomic mass is 35.5. The lowest BCUT2D eigenvalue weighted by atomic mass is 10.5. The molecule has 72 valence electrons. The summed E-state index contributed by atoms with van der Waals surface area (Å²) in [7, 11) is 0. The molecule has 0 aromatic heterocycles. The summed E-state index contributed by atoms with van der Waals surface area (Å²) in [6, 6.07) is 0. The number of hydrogen-bond donors (Lipinski definition) is 0. The highest BCUT2D eigenvalue weighted by molar-refractivity contribution is 8.00. The van der Waals surface area contributed by atoms with E-state index in [0.29, 0.717) is 0 Å². The van der Waals surface area contributed by atoms with E-state index >= 15 is 0 Å². The van der Waals surface area contributed by atoms with Crippen LogP contribution in [0.2, 0.25) is 0 Å². The van der Waals surface area contributed by atoms with Crippen molar-refractivity contribution in [2.75, 3.05) is 5.75 Å². The lowest BCUT2D eigenvalue weighted by Crippen LogP contribution is -2.12. The first-order valence-electron chi connectivity index (χ1n) is 3.20. The highest BCUT2D eigenvalue weighted by Crippen LogP contribution is 2.24. The maximum absolute atomic E-state index is 11.6. The van der Waals surface area contributed by atoms with E-state index < -0.39 is 23.1 Å². The molecule has 0 radical (unpaired) electrons. The topological polar surface area (TPSA) is 17.1 Å². The Bertz CT molecular complexity index is 159. The molecule has 0 rings (SSSR count). The summed E-state index contributed by atoms with van der Waals surface area (Å²) in [5, 5.41) is -1.17. The van der Waals surface area contributed by atoms with Crippen LogP contribution in [0.5, 0.6) is 0 Å². The van der Waals surface area contributed by atoms with Crippen molar-refractivity contribution in [3.8, 4) is 0 Å². The van der Waals surface area contributed by atoms with Crippen LogP contribution in [0.3, 0.4) is 0 Å². The minimum absolute atomic E-state index is 0.122. The van der Waals surface area contributed by atoms with Gasteiger partial charge in [0.1, 0.15) is 0 Å². The lowest BCUT2D eigenvalue weighted by molar-refractivity contribution is -0.129. The average molecular weight is 221 g/mol. The minimum Gasteiger partial charge on any atom is -0.280 e. The number of thioether (sulfide) groups is 1. The van der Waals surface area contributed by atoms with E-state index in [1.165, 1.54) is 6.92 Å². The summed E-state index contributed by atoms with van der Waals surface area (Å²) in [6.45, 7) is 1.48. The van der Waals surface area contributed by atoms with Crippen molar-refractivity contribution in [1.29, 1.82) is 0 Å². The van der Waals surface area contributed by atoms with Crippen LogP contribution in [0.15, 0.2) is 0 Å². The van der Waals surface area contributed by atoms with Crippen LogP contribution < -0.4 is 0 Å². The SMILES string of the molecule is CC(SCCC(F)(F)F)C(=O)Cl. The molecule has 1 atom stereocenters. The molecule has 6 heteroatoms.